The molecule has 3 atom stereocenters. The minimum Gasteiger partial charge on any atom is -0.477 e. The summed E-state index contributed by atoms with van der Waals surface area (Å²) in [5, 5.41) is 14.4. The molecule has 4 aliphatic rings. The second kappa shape index (κ2) is 17.1. The molecule has 0 radical (unpaired) electrons. The lowest BCUT2D eigenvalue weighted by atomic mass is 10.0. The maximum absolute atomic E-state index is 15.4. The number of carbonyl (C=O) groups is 7. The van der Waals surface area contributed by atoms with Crippen molar-refractivity contribution in [1.29, 1.82) is 0 Å². The molecule has 7 rings (SSSR count). The van der Waals surface area contributed by atoms with Crippen molar-refractivity contribution in [3.8, 4) is 0 Å². The van der Waals surface area contributed by atoms with Crippen LogP contribution in [-0.4, -0.2) is 134 Å². The third-order valence-electron chi connectivity index (χ3n) is 10.6. The number of hydrogen-bond donors (Lipinski definition) is 3. The Morgan fingerprint density at radius 2 is 1.69 bits per heavy atom. The van der Waals surface area contributed by atoms with Crippen LogP contribution in [0.4, 0.5) is 14.9 Å². The first-order chi connectivity index (χ1) is 28.3. The van der Waals surface area contributed by atoms with Crippen molar-refractivity contribution in [3.63, 3.8) is 0 Å². The number of β-lactam (4-membered cyclic amide) rings is 1. The number of piperazine rings is 1. The van der Waals surface area contributed by atoms with E-state index in [0.29, 0.717) is 41.3 Å². The molecule has 3 aromatic rings. The van der Waals surface area contributed by atoms with Gasteiger partial charge in [0.25, 0.3) is 5.91 Å². The number of pyridine rings is 1. The zero-order chi connectivity index (χ0) is 42.1. The zero-order valence-corrected chi connectivity index (χ0v) is 33.6. The summed E-state index contributed by atoms with van der Waals surface area (Å²) in [6, 6.07) is 7.14. The molecule has 6 amide bonds. The molecule has 0 bridgehead atoms. The van der Waals surface area contributed by atoms with Gasteiger partial charge in [0.1, 0.15) is 41.1 Å². The molecule has 59 heavy (non-hydrogen) atoms. The number of thioether (sulfide) groups is 2. The number of urea groups is 1. The molecule has 1 aromatic heterocycles. The fourth-order valence-electron chi connectivity index (χ4n) is 7.43. The highest BCUT2D eigenvalue weighted by Crippen LogP contribution is 2.41. The van der Waals surface area contributed by atoms with Crippen LogP contribution in [0.3, 0.4) is 0 Å². The highest BCUT2D eigenvalue weighted by molar-refractivity contribution is 8.00. The summed E-state index contributed by atoms with van der Waals surface area (Å²) in [5.74, 6) is -5.01. The zero-order valence-electron chi connectivity index (χ0n) is 32.0. The van der Waals surface area contributed by atoms with Gasteiger partial charge in [-0.2, -0.15) is 11.8 Å². The van der Waals surface area contributed by atoms with Crippen molar-refractivity contribution >= 4 is 81.7 Å². The molecule has 3 saturated heterocycles. The normalized spacial score (nSPS) is 19.9. The lowest BCUT2D eigenvalue weighted by molar-refractivity contribution is -0.153. The molecule has 5 heterocycles. The summed E-state index contributed by atoms with van der Waals surface area (Å²) in [6.45, 7) is 4.86. The SMILES string of the molecule is CCN1CCN(C(=O)NC(C(=O)N[C@@H]2C(=O)N3C(C(=O)O)=C(COC(=O)c4cn(CC)c5cc(N6CCSCC6)c(F)cc5c4=O)CSC23)c2ccccc2)C(=O)C1=O. The first-order valence-corrected chi connectivity index (χ1v) is 21.1. The molecule has 0 saturated carbocycles. The Kier molecular flexibility index (Phi) is 12.0. The van der Waals surface area contributed by atoms with Crippen LogP contribution in [0.25, 0.3) is 10.9 Å². The number of nitrogens with zero attached hydrogens (tertiary/aromatic N) is 5. The van der Waals surface area contributed by atoms with Gasteiger partial charge in [0.15, 0.2) is 0 Å². The second-order valence-electron chi connectivity index (χ2n) is 13.9. The van der Waals surface area contributed by atoms with Gasteiger partial charge in [-0.1, -0.05) is 30.3 Å². The number of amides is 6. The van der Waals surface area contributed by atoms with Crippen molar-refractivity contribution < 1.29 is 47.8 Å². The van der Waals surface area contributed by atoms with E-state index >= 15 is 4.39 Å². The topological polar surface area (TPSA) is 208 Å². The molecule has 310 valence electrons. The Labute approximate surface area is 344 Å². The predicted octanol–water partition coefficient (Wildman–Crippen LogP) is 1.75. The molecule has 3 N–H and O–H groups in total. The van der Waals surface area contributed by atoms with Crippen LogP contribution in [-0.2, 0) is 35.3 Å². The monoisotopic (exact) mass is 849 g/mol. The van der Waals surface area contributed by atoms with E-state index in [-0.39, 0.29) is 41.9 Å². The Morgan fingerprint density at radius 3 is 2.37 bits per heavy atom. The fraction of sp³-hybridized carbons (Fsp3) is 0.385. The van der Waals surface area contributed by atoms with E-state index in [2.05, 4.69) is 10.6 Å². The number of rotatable bonds is 11. The summed E-state index contributed by atoms with van der Waals surface area (Å²) in [7, 11) is 0. The number of likely N-dealkylation sites (N-methyl/N-ethyl adjacent to an activating group) is 1. The van der Waals surface area contributed by atoms with Crippen molar-refractivity contribution in [2.24, 2.45) is 0 Å². The molecular formula is C39H40FN7O10S2. The molecule has 0 spiro atoms. The Morgan fingerprint density at radius 1 is 0.966 bits per heavy atom. The van der Waals surface area contributed by atoms with Crippen LogP contribution in [0.5, 0.6) is 0 Å². The van der Waals surface area contributed by atoms with E-state index in [0.717, 1.165) is 34.2 Å². The quantitative estimate of drug-likeness (QED) is 0.143. The summed E-state index contributed by atoms with van der Waals surface area (Å²) in [6.07, 6.45) is 1.33. The first kappa shape index (κ1) is 41.3. The lowest BCUT2D eigenvalue weighted by Crippen LogP contribution is -2.71. The summed E-state index contributed by atoms with van der Waals surface area (Å²) in [4.78, 5) is 110. The van der Waals surface area contributed by atoms with Gasteiger partial charge < -0.3 is 34.8 Å². The van der Waals surface area contributed by atoms with Gasteiger partial charge in [-0.15, -0.1) is 11.8 Å². The minimum absolute atomic E-state index is 0.0119. The summed E-state index contributed by atoms with van der Waals surface area (Å²) in [5.41, 5.74) is -0.384. The third kappa shape index (κ3) is 7.85. The number of carboxylic acid groups (broad SMARTS) is 1. The third-order valence-corrected chi connectivity index (χ3v) is 12.9. The van der Waals surface area contributed by atoms with Gasteiger partial charge in [0, 0.05) is 73.7 Å². The van der Waals surface area contributed by atoms with E-state index in [1.165, 1.54) is 11.1 Å². The molecule has 2 aromatic carbocycles. The Bertz CT molecular complexity index is 2350. The molecule has 2 unspecified atom stereocenters. The number of aromatic nitrogens is 1. The number of anilines is 1. The molecular weight excluding hydrogens is 810 g/mol. The molecule has 3 fully saturated rings. The molecule has 17 nitrogen and oxygen atoms in total. The number of carbonyl (C=O) groups excluding carboxylic acids is 6. The number of nitrogens with one attached hydrogen (secondary N) is 2. The standard InChI is InChI=1S/C39H40FN7O10S2/c1-3-43-10-11-46(35(52)34(43)51)39(56)42-28(21-8-6-5-7-9-21)32(49)41-29-33(50)47-30(37(53)54)22(20-59-36(29)47)19-57-38(55)24-18-44(4-2)26-17-27(45-12-14-58-15-13-45)25(40)16-23(26)31(24)48/h5-9,16-18,28-29,36H,3-4,10-15,19-20H2,1-2H3,(H,41,49)(H,42,56)(H,53,54)/t28?,29-,36?/m1/s1. The molecule has 4 aliphatic heterocycles. The minimum atomic E-state index is -1.49. The average Bonchev–Trinajstić information content (AvgIpc) is 3.24. The van der Waals surface area contributed by atoms with Crippen molar-refractivity contribution in [1.82, 2.24) is 29.9 Å². The van der Waals surface area contributed by atoms with Gasteiger partial charge in [0.05, 0.1) is 11.2 Å². The molecule has 0 aliphatic carbocycles. The van der Waals surface area contributed by atoms with E-state index in [4.69, 9.17) is 4.74 Å². The van der Waals surface area contributed by atoms with Crippen LogP contribution in [0.1, 0.15) is 35.8 Å². The fourth-order valence-corrected chi connectivity index (χ4v) is 9.66. The summed E-state index contributed by atoms with van der Waals surface area (Å²) >= 11 is 2.87. The van der Waals surface area contributed by atoms with E-state index in [1.54, 1.807) is 66.6 Å². The number of aliphatic carboxylic acids is 1. The Hall–Kier alpha value is -5.89. The highest BCUT2D eigenvalue weighted by atomic mass is 32.2. The van der Waals surface area contributed by atoms with Crippen LogP contribution < -0.4 is 21.0 Å². The lowest BCUT2D eigenvalue weighted by Gasteiger charge is -2.49. The van der Waals surface area contributed by atoms with Gasteiger partial charge in [-0.05, 0) is 31.5 Å². The molecule has 20 heteroatoms. The van der Waals surface area contributed by atoms with Crippen molar-refractivity contribution in [2.75, 3.05) is 61.5 Å². The van der Waals surface area contributed by atoms with E-state index in [1.807, 2.05) is 4.90 Å². The highest BCUT2D eigenvalue weighted by Gasteiger charge is 2.55. The van der Waals surface area contributed by atoms with Gasteiger partial charge in [0.2, 0.25) is 11.3 Å². The number of carboxylic acids is 1. The van der Waals surface area contributed by atoms with Crippen molar-refractivity contribution in [3.05, 3.63) is 87.1 Å². The van der Waals surface area contributed by atoms with E-state index < -0.39 is 82.6 Å². The Balaban J connectivity index is 1.05. The second-order valence-corrected chi connectivity index (χ2v) is 16.3. The van der Waals surface area contributed by atoms with Crippen LogP contribution in [0, 0.1) is 5.82 Å². The number of imide groups is 1. The van der Waals surface area contributed by atoms with E-state index in [9.17, 15) is 43.5 Å². The number of fused-ring (bicyclic) bond motifs is 2. The maximum Gasteiger partial charge on any atom is 0.352 e. The smallest absolute Gasteiger partial charge is 0.352 e. The van der Waals surface area contributed by atoms with Crippen molar-refractivity contribution in [2.45, 2.75) is 37.8 Å². The number of aryl methyl sites for hydroxylation is 1. The summed E-state index contributed by atoms with van der Waals surface area (Å²) < 4.78 is 22.5. The van der Waals surface area contributed by atoms with Crippen LogP contribution in [0.15, 0.2) is 64.7 Å². The average molecular weight is 850 g/mol. The number of benzene rings is 2. The first-order valence-electron chi connectivity index (χ1n) is 18.9. The van der Waals surface area contributed by atoms with Crippen LogP contribution >= 0.6 is 23.5 Å². The van der Waals surface area contributed by atoms with Crippen LogP contribution in [0.2, 0.25) is 0 Å². The predicted molar refractivity (Wildman–Crippen MR) is 215 cm³/mol. The largest absolute Gasteiger partial charge is 0.477 e. The number of esters is 1. The maximum atomic E-state index is 15.4. The van der Waals surface area contributed by atoms with Gasteiger partial charge >= 0.3 is 29.8 Å². The van der Waals surface area contributed by atoms with Gasteiger partial charge in [-0.25, -0.2) is 18.8 Å². The number of hydrogen-bond acceptors (Lipinski definition) is 12. The van der Waals surface area contributed by atoms with Gasteiger partial charge in [-0.3, -0.25) is 33.8 Å². The number of halogens is 1. The number of ether oxygens (including phenoxy) is 1.